The van der Waals surface area contributed by atoms with Crippen molar-refractivity contribution in [3.63, 3.8) is 0 Å². The van der Waals surface area contributed by atoms with Crippen LogP contribution in [0.1, 0.15) is 33.6 Å². The van der Waals surface area contributed by atoms with Crippen molar-refractivity contribution in [2.45, 2.75) is 39.2 Å². The Labute approximate surface area is 96.0 Å². The Balaban J connectivity index is 2.12. The van der Waals surface area contributed by atoms with Gasteiger partial charge in [0.1, 0.15) is 5.60 Å². The molecule has 16 heavy (non-hydrogen) atoms. The fourth-order valence-electron chi connectivity index (χ4n) is 1.96. The minimum absolute atomic E-state index is 0.256. The maximum absolute atomic E-state index is 12.0. The third-order valence-electron chi connectivity index (χ3n) is 2.62. The van der Waals surface area contributed by atoms with Crippen LogP contribution in [-0.2, 0) is 4.74 Å². The number of rotatable bonds is 0. The summed E-state index contributed by atoms with van der Waals surface area (Å²) in [4.78, 5) is 17.9. The van der Waals surface area contributed by atoms with Crippen LogP contribution in [0.4, 0.5) is 4.79 Å². The zero-order valence-electron chi connectivity index (χ0n) is 10.1. The number of hydrogen-bond acceptors (Lipinski definition) is 3. The molecule has 0 aromatic rings. The van der Waals surface area contributed by atoms with Gasteiger partial charge in [-0.2, -0.15) is 0 Å². The molecule has 4 nitrogen and oxygen atoms in total. The van der Waals surface area contributed by atoms with Crippen LogP contribution in [-0.4, -0.2) is 35.9 Å². The first kappa shape index (κ1) is 11.2. The number of nitrogens with zero attached hydrogens (tertiary/aromatic N) is 2. The van der Waals surface area contributed by atoms with E-state index in [0.717, 1.165) is 31.6 Å². The van der Waals surface area contributed by atoms with E-state index < -0.39 is 5.60 Å². The quantitative estimate of drug-likeness (QED) is 0.631. The van der Waals surface area contributed by atoms with Crippen LogP contribution in [0.15, 0.2) is 16.3 Å². The lowest BCUT2D eigenvalue weighted by Gasteiger charge is -2.30. The molecule has 2 heterocycles. The number of carbonyl (C=O) groups is 1. The molecule has 0 aromatic carbocycles. The second-order valence-electron chi connectivity index (χ2n) is 5.19. The van der Waals surface area contributed by atoms with Crippen LogP contribution < -0.4 is 0 Å². The van der Waals surface area contributed by atoms with Crippen LogP contribution in [0.3, 0.4) is 0 Å². The molecule has 0 atom stereocenters. The molecular formula is C12H18N2O2. The van der Waals surface area contributed by atoms with Crippen LogP contribution in [0, 0.1) is 0 Å². The van der Waals surface area contributed by atoms with Gasteiger partial charge < -0.3 is 4.74 Å². The average molecular weight is 222 g/mol. The molecule has 0 bridgehead atoms. The number of aliphatic imine (C=N–C) groups is 1. The highest BCUT2D eigenvalue weighted by molar-refractivity contribution is 5.88. The molecule has 1 amide bonds. The van der Waals surface area contributed by atoms with Crippen molar-refractivity contribution in [1.29, 1.82) is 0 Å². The molecule has 4 heteroatoms. The van der Waals surface area contributed by atoms with Crippen LogP contribution in [0.2, 0.25) is 0 Å². The monoisotopic (exact) mass is 222 g/mol. The first-order chi connectivity index (χ1) is 7.47. The zero-order chi connectivity index (χ0) is 11.8. The largest absolute Gasteiger partial charge is 0.443 e. The predicted molar refractivity (Wildman–Crippen MR) is 62.6 cm³/mol. The third-order valence-corrected chi connectivity index (χ3v) is 2.62. The van der Waals surface area contributed by atoms with Crippen molar-refractivity contribution in [1.82, 2.24) is 4.90 Å². The van der Waals surface area contributed by atoms with Gasteiger partial charge >= 0.3 is 6.09 Å². The molecule has 0 unspecified atom stereocenters. The van der Waals surface area contributed by atoms with E-state index in [2.05, 4.69) is 4.99 Å². The predicted octanol–water partition coefficient (Wildman–Crippen LogP) is 2.36. The molecule has 2 rings (SSSR count). The average Bonchev–Trinajstić information content (AvgIpc) is 2.61. The number of hydrogen-bond donors (Lipinski definition) is 0. The van der Waals surface area contributed by atoms with Crippen LogP contribution in [0.5, 0.6) is 0 Å². The van der Waals surface area contributed by atoms with Crippen molar-refractivity contribution < 1.29 is 9.53 Å². The summed E-state index contributed by atoms with van der Waals surface area (Å²) in [5.41, 5.74) is 1.78. The van der Waals surface area contributed by atoms with Crippen molar-refractivity contribution in [2.75, 3.05) is 13.1 Å². The number of carbonyl (C=O) groups excluding carboxylic acids is 1. The topological polar surface area (TPSA) is 41.9 Å². The fraction of sp³-hybridized carbons (Fsp3) is 0.667. The van der Waals surface area contributed by atoms with Gasteiger partial charge in [0, 0.05) is 12.8 Å². The standard InChI is InChI=1S/C12H18N2O2/c1-12(2,3)16-11(15)14-6-4-5-9-7-13-8-10(9)14/h8H,4-7H2,1-3H3. The van der Waals surface area contributed by atoms with E-state index in [0.29, 0.717) is 0 Å². The van der Waals surface area contributed by atoms with E-state index >= 15 is 0 Å². The van der Waals surface area contributed by atoms with E-state index in [-0.39, 0.29) is 6.09 Å². The van der Waals surface area contributed by atoms with Gasteiger partial charge in [-0.3, -0.25) is 9.89 Å². The Kier molecular flexibility index (Phi) is 2.74. The molecule has 0 fully saturated rings. The molecule has 0 radical (unpaired) electrons. The minimum Gasteiger partial charge on any atom is -0.443 e. The Morgan fingerprint density at radius 2 is 2.25 bits per heavy atom. The van der Waals surface area contributed by atoms with Gasteiger partial charge in [-0.25, -0.2) is 4.79 Å². The molecular weight excluding hydrogens is 204 g/mol. The van der Waals surface area contributed by atoms with Gasteiger partial charge in [0.2, 0.25) is 0 Å². The summed E-state index contributed by atoms with van der Waals surface area (Å²) in [7, 11) is 0. The smallest absolute Gasteiger partial charge is 0.414 e. The van der Waals surface area contributed by atoms with Gasteiger partial charge in [-0.05, 0) is 39.2 Å². The molecule has 0 saturated carbocycles. The van der Waals surface area contributed by atoms with E-state index in [4.69, 9.17) is 4.74 Å². The summed E-state index contributed by atoms with van der Waals surface area (Å²) in [6.45, 7) is 7.13. The van der Waals surface area contributed by atoms with Gasteiger partial charge in [-0.15, -0.1) is 0 Å². The normalized spacial score (nSPS) is 20.1. The lowest BCUT2D eigenvalue weighted by Crippen LogP contribution is -2.39. The lowest BCUT2D eigenvalue weighted by molar-refractivity contribution is 0.0314. The highest BCUT2D eigenvalue weighted by Crippen LogP contribution is 2.26. The summed E-state index contributed by atoms with van der Waals surface area (Å²) in [6.07, 6.45) is 3.59. The van der Waals surface area contributed by atoms with Gasteiger partial charge in [0.05, 0.1) is 12.2 Å². The molecule has 2 aliphatic heterocycles. The first-order valence-electron chi connectivity index (χ1n) is 5.70. The third kappa shape index (κ3) is 2.26. The van der Waals surface area contributed by atoms with Gasteiger partial charge in [0.25, 0.3) is 0 Å². The maximum Gasteiger partial charge on any atom is 0.414 e. The summed E-state index contributed by atoms with van der Waals surface area (Å²) in [5, 5.41) is 0. The zero-order valence-corrected chi connectivity index (χ0v) is 10.1. The SMILES string of the molecule is CC(C)(C)OC(=O)N1CCCC2=C1C=NC2. The van der Waals surface area contributed by atoms with E-state index in [1.807, 2.05) is 20.8 Å². The summed E-state index contributed by atoms with van der Waals surface area (Å²) in [5.74, 6) is 0. The number of allylic oxidation sites excluding steroid dienone is 1. The van der Waals surface area contributed by atoms with Crippen molar-refractivity contribution in [3.8, 4) is 0 Å². The molecule has 0 aromatic heterocycles. The molecule has 2 aliphatic rings. The van der Waals surface area contributed by atoms with Crippen molar-refractivity contribution in [2.24, 2.45) is 4.99 Å². The van der Waals surface area contributed by atoms with E-state index in [1.165, 1.54) is 5.57 Å². The first-order valence-corrected chi connectivity index (χ1v) is 5.70. The summed E-state index contributed by atoms with van der Waals surface area (Å²) < 4.78 is 5.38. The molecule has 0 spiro atoms. The Bertz CT molecular complexity index is 364. The molecule has 0 aliphatic carbocycles. The second kappa shape index (κ2) is 3.92. The highest BCUT2D eigenvalue weighted by Gasteiger charge is 2.29. The highest BCUT2D eigenvalue weighted by atomic mass is 16.6. The molecule has 0 N–H and O–H groups in total. The summed E-state index contributed by atoms with van der Waals surface area (Å²) >= 11 is 0. The maximum atomic E-state index is 12.0. The molecule has 0 saturated heterocycles. The minimum atomic E-state index is -0.439. The van der Waals surface area contributed by atoms with Crippen LogP contribution >= 0.6 is 0 Å². The van der Waals surface area contributed by atoms with Crippen molar-refractivity contribution >= 4 is 12.3 Å². The number of amides is 1. The van der Waals surface area contributed by atoms with Crippen molar-refractivity contribution in [3.05, 3.63) is 11.3 Å². The summed E-state index contributed by atoms with van der Waals surface area (Å²) in [6, 6.07) is 0. The Morgan fingerprint density at radius 3 is 2.94 bits per heavy atom. The lowest BCUT2D eigenvalue weighted by atomic mass is 10.0. The van der Waals surface area contributed by atoms with E-state index in [9.17, 15) is 4.79 Å². The van der Waals surface area contributed by atoms with Gasteiger partial charge in [-0.1, -0.05) is 0 Å². The Hall–Kier alpha value is -1.32. The molecule has 88 valence electrons. The second-order valence-corrected chi connectivity index (χ2v) is 5.19. The van der Waals surface area contributed by atoms with Crippen LogP contribution in [0.25, 0.3) is 0 Å². The Morgan fingerprint density at radius 1 is 1.50 bits per heavy atom. The van der Waals surface area contributed by atoms with E-state index in [1.54, 1.807) is 11.1 Å². The fourth-order valence-corrected chi connectivity index (χ4v) is 1.96. The number of ether oxygens (including phenoxy) is 1. The van der Waals surface area contributed by atoms with Gasteiger partial charge in [0.15, 0.2) is 0 Å².